The summed E-state index contributed by atoms with van der Waals surface area (Å²) in [4.78, 5) is 0. The van der Waals surface area contributed by atoms with Crippen LogP contribution in [0.3, 0.4) is 0 Å². The van der Waals surface area contributed by atoms with Gasteiger partial charge in [-0.25, -0.2) is 0 Å². The molecule has 0 atom stereocenters. The Morgan fingerprint density at radius 1 is 1.75 bits per heavy atom. The van der Waals surface area contributed by atoms with Crippen molar-refractivity contribution in [2.75, 3.05) is 5.73 Å². The fourth-order valence-electron chi connectivity index (χ4n) is 0.497. The number of aryl methyl sites for hydroxylation is 1. The van der Waals surface area contributed by atoms with E-state index in [9.17, 15) is 0 Å². The normalized spacial score (nSPS) is 9.75. The van der Waals surface area contributed by atoms with Gasteiger partial charge in [0, 0.05) is 0 Å². The number of rotatable bonds is 0. The van der Waals surface area contributed by atoms with Gasteiger partial charge in [-0.3, -0.25) is 0 Å². The van der Waals surface area contributed by atoms with E-state index in [1.165, 1.54) is 11.3 Å². The van der Waals surface area contributed by atoms with E-state index in [-0.39, 0.29) is 0 Å². The van der Waals surface area contributed by atoms with Crippen molar-refractivity contribution >= 4 is 29.0 Å². The molecule has 1 aromatic rings. The summed E-state index contributed by atoms with van der Waals surface area (Å²) in [6.07, 6.45) is 0. The van der Waals surface area contributed by atoms with Crippen LogP contribution in [0.25, 0.3) is 0 Å². The zero-order valence-corrected chi connectivity index (χ0v) is 6.22. The average Bonchev–Trinajstić information content (AvgIpc) is 1.85. The molecule has 8 heavy (non-hydrogen) atoms. The molecule has 1 nitrogen and oxygen atoms in total. The molecule has 1 rings (SSSR count). The monoisotopic (exact) mass is 145 g/mol. The standard InChI is InChI=1S/C5H7NS2/c1-3-2-4(6)8-5(3)7/h2,7H,6H2,1H3. The summed E-state index contributed by atoms with van der Waals surface area (Å²) >= 11 is 5.67. The molecule has 3 heteroatoms. The quantitative estimate of drug-likeness (QED) is 0.536. The van der Waals surface area contributed by atoms with E-state index in [4.69, 9.17) is 5.73 Å². The van der Waals surface area contributed by atoms with Crippen molar-refractivity contribution in [3.05, 3.63) is 11.6 Å². The predicted molar refractivity (Wildman–Crippen MR) is 40.7 cm³/mol. The van der Waals surface area contributed by atoms with Crippen LogP contribution in [-0.2, 0) is 0 Å². The highest BCUT2D eigenvalue weighted by atomic mass is 32.2. The lowest BCUT2D eigenvalue weighted by molar-refractivity contribution is 1.44. The second-order valence-electron chi connectivity index (χ2n) is 1.64. The fraction of sp³-hybridized carbons (Fsp3) is 0.200. The van der Waals surface area contributed by atoms with Crippen molar-refractivity contribution in [1.29, 1.82) is 0 Å². The van der Waals surface area contributed by atoms with Crippen molar-refractivity contribution in [3.8, 4) is 0 Å². The molecule has 0 amide bonds. The minimum Gasteiger partial charge on any atom is -0.391 e. The third-order valence-electron chi connectivity index (χ3n) is 0.911. The molecule has 0 unspecified atom stereocenters. The Balaban J connectivity index is 3.14. The first-order chi connectivity index (χ1) is 3.70. The van der Waals surface area contributed by atoms with Gasteiger partial charge in [0.25, 0.3) is 0 Å². The third-order valence-corrected chi connectivity index (χ3v) is 2.41. The van der Waals surface area contributed by atoms with Crippen LogP contribution in [0.1, 0.15) is 5.56 Å². The maximum atomic E-state index is 5.45. The number of hydrogen-bond acceptors (Lipinski definition) is 3. The molecule has 0 aromatic carbocycles. The molecule has 1 heterocycles. The van der Waals surface area contributed by atoms with Crippen LogP contribution in [-0.4, -0.2) is 0 Å². The SMILES string of the molecule is Cc1cc(N)sc1S. The van der Waals surface area contributed by atoms with E-state index in [1.54, 1.807) is 0 Å². The Kier molecular flexibility index (Phi) is 1.49. The topological polar surface area (TPSA) is 26.0 Å². The van der Waals surface area contributed by atoms with Crippen molar-refractivity contribution in [1.82, 2.24) is 0 Å². The first kappa shape index (κ1) is 5.98. The lowest BCUT2D eigenvalue weighted by Gasteiger charge is -1.78. The minimum absolute atomic E-state index is 0.840. The predicted octanol–water partition coefficient (Wildman–Crippen LogP) is 1.93. The first-order valence-electron chi connectivity index (χ1n) is 2.25. The number of thiophene rings is 1. The fourth-order valence-corrected chi connectivity index (χ4v) is 1.56. The van der Waals surface area contributed by atoms with Crippen molar-refractivity contribution in [2.24, 2.45) is 0 Å². The summed E-state index contributed by atoms with van der Waals surface area (Å²) in [5.41, 5.74) is 6.61. The number of thiol groups is 1. The molecule has 0 saturated carbocycles. The minimum atomic E-state index is 0.840. The molecule has 1 aromatic heterocycles. The van der Waals surface area contributed by atoms with Crippen molar-refractivity contribution in [2.45, 2.75) is 11.1 Å². The third kappa shape index (κ3) is 0.980. The van der Waals surface area contributed by atoms with E-state index in [1.807, 2.05) is 13.0 Å². The molecule has 0 spiro atoms. The van der Waals surface area contributed by atoms with Crippen LogP contribution in [0.15, 0.2) is 10.3 Å². The summed E-state index contributed by atoms with van der Waals surface area (Å²) in [5, 5.41) is 0.840. The van der Waals surface area contributed by atoms with E-state index in [0.717, 1.165) is 14.8 Å². The number of anilines is 1. The number of nitrogen functional groups attached to an aromatic ring is 1. The molecule has 0 bridgehead atoms. The Labute approximate surface area is 57.9 Å². The van der Waals surface area contributed by atoms with Crippen LogP contribution in [0.5, 0.6) is 0 Å². The Morgan fingerprint density at radius 3 is 2.50 bits per heavy atom. The van der Waals surface area contributed by atoms with Gasteiger partial charge >= 0.3 is 0 Å². The highest BCUT2D eigenvalue weighted by Crippen LogP contribution is 2.26. The molecular formula is C5H7NS2. The Bertz CT molecular complexity index is 173. The van der Waals surface area contributed by atoms with Crippen LogP contribution < -0.4 is 5.73 Å². The maximum Gasteiger partial charge on any atom is 0.0870 e. The number of nitrogens with two attached hydrogens (primary N) is 1. The van der Waals surface area contributed by atoms with Gasteiger partial charge in [-0.2, -0.15) is 0 Å². The Morgan fingerprint density at radius 2 is 2.38 bits per heavy atom. The lowest BCUT2D eigenvalue weighted by atomic mass is 10.4. The van der Waals surface area contributed by atoms with Crippen molar-refractivity contribution < 1.29 is 0 Å². The molecular weight excluding hydrogens is 138 g/mol. The maximum absolute atomic E-state index is 5.45. The van der Waals surface area contributed by atoms with E-state index < -0.39 is 0 Å². The van der Waals surface area contributed by atoms with Crippen LogP contribution >= 0.6 is 24.0 Å². The van der Waals surface area contributed by atoms with Gasteiger partial charge in [0.15, 0.2) is 0 Å². The van der Waals surface area contributed by atoms with Crippen LogP contribution in [0, 0.1) is 6.92 Å². The zero-order valence-electron chi connectivity index (χ0n) is 4.51. The van der Waals surface area contributed by atoms with Gasteiger partial charge in [-0.1, -0.05) is 0 Å². The smallest absolute Gasteiger partial charge is 0.0870 e. The van der Waals surface area contributed by atoms with Gasteiger partial charge in [0.1, 0.15) is 0 Å². The number of hydrogen-bond donors (Lipinski definition) is 2. The van der Waals surface area contributed by atoms with Gasteiger partial charge in [0.2, 0.25) is 0 Å². The molecule has 0 saturated heterocycles. The molecule has 0 aliphatic heterocycles. The van der Waals surface area contributed by atoms with Gasteiger partial charge in [-0.15, -0.1) is 24.0 Å². The van der Waals surface area contributed by atoms with Crippen LogP contribution in [0.2, 0.25) is 0 Å². The summed E-state index contributed by atoms with van der Waals surface area (Å²) < 4.78 is 1.02. The van der Waals surface area contributed by atoms with E-state index in [0.29, 0.717) is 0 Å². The molecule has 0 radical (unpaired) electrons. The molecule has 0 aliphatic carbocycles. The van der Waals surface area contributed by atoms with E-state index >= 15 is 0 Å². The molecule has 44 valence electrons. The van der Waals surface area contributed by atoms with Gasteiger partial charge < -0.3 is 5.73 Å². The summed E-state index contributed by atoms with van der Waals surface area (Å²) in [6, 6.07) is 1.92. The zero-order chi connectivity index (χ0) is 6.15. The second kappa shape index (κ2) is 1.99. The lowest BCUT2D eigenvalue weighted by Crippen LogP contribution is -1.73. The highest BCUT2D eigenvalue weighted by Gasteiger charge is 1.95. The summed E-state index contributed by atoms with van der Waals surface area (Å²) in [5.74, 6) is 0. The highest BCUT2D eigenvalue weighted by molar-refractivity contribution is 7.83. The average molecular weight is 145 g/mol. The van der Waals surface area contributed by atoms with Crippen molar-refractivity contribution in [3.63, 3.8) is 0 Å². The Hall–Kier alpha value is -0.150. The molecule has 0 aliphatic rings. The van der Waals surface area contributed by atoms with Gasteiger partial charge in [-0.05, 0) is 18.6 Å². The largest absolute Gasteiger partial charge is 0.391 e. The summed E-state index contributed by atoms with van der Waals surface area (Å²) in [7, 11) is 0. The van der Waals surface area contributed by atoms with Gasteiger partial charge in [0.05, 0.1) is 9.21 Å². The van der Waals surface area contributed by atoms with Crippen LogP contribution in [0.4, 0.5) is 5.00 Å². The molecule has 2 N–H and O–H groups in total. The molecule has 0 fully saturated rings. The summed E-state index contributed by atoms with van der Waals surface area (Å²) in [6.45, 7) is 2.00. The second-order valence-corrected chi connectivity index (χ2v) is 3.47. The van der Waals surface area contributed by atoms with E-state index in [2.05, 4.69) is 12.6 Å². The first-order valence-corrected chi connectivity index (χ1v) is 3.51.